The Morgan fingerprint density at radius 2 is 1.50 bits per heavy atom. The summed E-state index contributed by atoms with van der Waals surface area (Å²) in [5.74, 6) is 0. The van der Waals surface area contributed by atoms with Gasteiger partial charge in [0.15, 0.2) is 0 Å². The second-order valence-corrected chi connectivity index (χ2v) is 0.402. The molecule has 0 radical (unpaired) electrons. The molecule has 0 bridgehead atoms. The fourth-order valence-corrected chi connectivity index (χ4v) is 0. The van der Waals surface area contributed by atoms with Gasteiger partial charge < -0.3 is 11.5 Å². The van der Waals surface area contributed by atoms with E-state index in [2.05, 4.69) is 11.5 Å². The molecule has 0 atom stereocenters. The minimum Gasteiger partial charge on any atom is -0.352 e. The van der Waals surface area contributed by atoms with Crippen molar-refractivity contribution < 1.29 is 16.7 Å². The zero-order valence-corrected chi connectivity index (χ0v) is 2.96. The fourth-order valence-electron chi connectivity index (χ4n) is 0. The number of primary amides is 2. The number of carbonyl (C=O) groups excluding carboxylic acids is 1. The minimum absolute atomic E-state index is 0. The number of urea groups is 1. The van der Waals surface area contributed by atoms with Crippen LogP contribution in [0.4, 0.5) is 4.79 Å². The molecule has 5 heteroatoms. The Morgan fingerprint density at radius 3 is 1.50 bits per heavy atom. The molecule has 0 spiro atoms. The van der Waals surface area contributed by atoms with Crippen molar-refractivity contribution in [3.63, 3.8) is 0 Å². The highest BCUT2D eigenvalue weighted by Gasteiger charge is 1.60. The third kappa shape index (κ3) is 23.3. The number of amides is 2. The molecule has 0 unspecified atom stereocenters. The maximum atomic E-state index is 9.00. The van der Waals surface area contributed by atoms with Crippen molar-refractivity contribution in [2.24, 2.45) is 11.5 Å². The maximum absolute atomic E-state index is 9.00. The Balaban J connectivity index is -0.0000000480. The first-order valence-electron chi connectivity index (χ1n) is 0.981. The van der Waals surface area contributed by atoms with E-state index in [4.69, 9.17) is 15.3 Å². The summed E-state index contributed by atoms with van der Waals surface area (Å²) in [6.07, 6.45) is 0. The van der Waals surface area contributed by atoms with Gasteiger partial charge in [-0.1, -0.05) is 0 Å². The summed E-state index contributed by atoms with van der Waals surface area (Å²) < 4.78 is 0. The van der Waals surface area contributed by atoms with Crippen LogP contribution in [0, 0.1) is 0 Å². The van der Waals surface area contributed by atoms with Crippen LogP contribution in [-0.4, -0.2) is 16.5 Å². The topological polar surface area (TPSA) is 110 Å². The van der Waals surface area contributed by atoms with E-state index in [0.29, 0.717) is 0 Å². The van der Waals surface area contributed by atoms with Crippen LogP contribution >= 0.6 is 0 Å². The van der Waals surface area contributed by atoms with E-state index in [1.54, 1.807) is 0 Å². The summed E-state index contributed by atoms with van der Waals surface area (Å²) in [4.78, 5) is 9.00. The van der Waals surface area contributed by atoms with Crippen LogP contribution in [0.5, 0.6) is 0 Å². The third-order valence-corrected chi connectivity index (χ3v) is 0. The van der Waals surface area contributed by atoms with Gasteiger partial charge in [-0.2, -0.15) is 0 Å². The van der Waals surface area contributed by atoms with Crippen molar-refractivity contribution in [1.82, 2.24) is 0 Å². The molecule has 0 aromatic heterocycles. The quantitative estimate of drug-likeness (QED) is 0.232. The van der Waals surface area contributed by atoms with E-state index in [1.165, 1.54) is 0 Å². The minimum atomic E-state index is -0.833. The van der Waals surface area contributed by atoms with Crippen molar-refractivity contribution in [2.75, 3.05) is 0 Å². The number of hydrogen-bond acceptors (Lipinski definition) is 3. The van der Waals surface area contributed by atoms with E-state index < -0.39 is 6.03 Å². The molecule has 0 heterocycles. The van der Waals surface area contributed by atoms with Gasteiger partial charge in [0.25, 0.3) is 0 Å². The molecule has 6 heavy (non-hydrogen) atoms. The SMILES string of the molecule is NC(N)=O.OO.[H+]. The van der Waals surface area contributed by atoms with Crippen LogP contribution < -0.4 is 11.5 Å². The Labute approximate surface area is 35.6 Å². The van der Waals surface area contributed by atoms with Crippen molar-refractivity contribution in [1.29, 1.82) is 0 Å². The third-order valence-electron chi connectivity index (χ3n) is 0. The smallest absolute Gasteiger partial charge is 0.352 e. The Kier molecular flexibility index (Phi) is 13.3. The van der Waals surface area contributed by atoms with E-state index in [-0.39, 0.29) is 1.43 Å². The molecule has 2 amide bonds. The van der Waals surface area contributed by atoms with Gasteiger partial charge in [-0.3, -0.25) is 10.5 Å². The van der Waals surface area contributed by atoms with Crippen LogP contribution in [-0.2, 0) is 0 Å². The van der Waals surface area contributed by atoms with E-state index in [0.717, 1.165) is 0 Å². The van der Waals surface area contributed by atoms with E-state index in [9.17, 15) is 0 Å². The molecule has 6 N–H and O–H groups in total. The van der Waals surface area contributed by atoms with Crippen LogP contribution in [0.3, 0.4) is 0 Å². The van der Waals surface area contributed by atoms with Gasteiger partial charge in [0.05, 0.1) is 0 Å². The van der Waals surface area contributed by atoms with Gasteiger partial charge in [-0.05, 0) is 0 Å². The normalized spacial score (nSPS) is 5.00. The van der Waals surface area contributed by atoms with Gasteiger partial charge in [-0.15, -0.1) is 0 Å². The molecular formula is CH7N2O3+. The lowest BCUT2D eigenvalue weighted by molar-refractivity contribution is -0.176. The predicted octanol–water partition coefficient (Wildman–Crippen LogP) is -0.846. The zero-order chi connectivity index (χ0) is 5.58. The highest BCUT2D eigenvalue weighted by Crippen LogP contribution is 1.25. The second kappa shape index (κ2) is 8.89. The molecule has 0 aliphatic carbocycles. The Morgan fingerprint density at radius 1 is 1.50 bits per heavy atom. The number of carbonyl (C=O) groups is 1. The molecule has 38 valence electrons. The molecule has 0 aromatic carbocycles. The average molecular weight is 95.1 g/mol. The monoisotopic (exact) mass is 95.0 g/mol. The highest BCUT2D eigenvalue weighted by molar-refractivity contribution is 5.69. The van der Waals surface area contributed by atoms with Crippen molar-refractivity contribution in [2.45, 2.75) is 0 Å². The predicted molar refractivity (Wildman–Crippen MR) is 20.1 cm³/mol. The summed E-state index contributed by atoms with van der Waals surface area (Å²) >= 11 is 0. The summed E-state index contributed by atoms with van der Waals surface area (Å²) in [6, 6.07) is -0.833. The van der Waals surface area contributed by atoms with E-state index in [1.807, 2.05) is 0 Å². The van der Waals surface area contributed by atoms with Gasteiger partial charge in [0.2, 0.25) is 0 Å². The van der Waals surface area contributed by atoms with Gasteiger partial charge in [-0.25, -0.2) is 4.79 Å². The van der Waals surface area contributed by atoms with Crippen LogP contribution in [0.1, 0.15) is 1.43 Å². The fraction of sp³-hybridized carbons (Fsp3) is 0. The molecule has 0 rings (SSSR count). The molecule has 0 saturated carbocycles. The lowest BCUT2D eigenvalue weighted by Crippen LogP contribution is -2.18. The second-order valence-electron chi connectivity index (χ2n) is 0.402. The molecule has 0 fully saturated rings. The largest absolute Gasteiger partial charge is 1.00 e. The van der Waals surface area contributed by atoms with E-state index >= 15 is 0 Å². The standard InChI is InChI=1S/CH4N2O.H2O2/c2-1(3)4;1-2/h(H4,2,3,4);1-2H/p+1. The van der Waals surface area contributed by atoms with Gasteiger partial charge >= 0.3 is 7.46 Å². The first kappa shape index (κ1) is 8.95. The van der Waals surface area contributed by atoms with Gasteiger partial charge in [0, 0.05) is 0 Å². The lowest BCUT2D eigenvalue weighted by Gasteiger charge is -1.62. The van der Waals surface area contributed by atoms with Crippen molar-refractivity contribution >= 4 is 6.03 Å². The molecule has 0 aromatic rings. The summed E-state index contributed by atoms with van der Waals surface area (Å²) in [5.41, 5.74) is 8.50. The first-order valence-corrected chi connectivity index (χ1v) is 0.981. The molecular weight excluding hydrogens is 88.0 g/mol. The molecule has 0 saturated heterocycles. The highest BCUT2D eigenvalue weighted by atomic mass is 17.0. The van der Waals surface area contributed by atoms with Crippen LogP contribution in [0.2, 0.25) is 0 Å². The number of hydrogen-bond donors (Lipinski definition) is 4. The number of rotatable bonds is 0. The average Bonchev–Trinajstić information content (AvgIpc) is 1.41. The van der Waals surface area contributed by atoms with Crippen LogP contribution in [0.15, 0.2) is 0 Å². The summed E-state index contributed by atoms with van der Waals surface area (Å²) in [5, 5.41) is 12.0. The van der Waals surface area contributed by atoms with Crippen molar-refractivity contribution in [3.8, 4) is 0 Å². The maximum Gasteiger partial charge on any atom is 1.00 e. The summed E-state index contributed by atoms with van der Waals surface area (Å²) in [7, 11) is 0. The first-order chi connectivity index (χ1) is 2.73. The zero-order valence-electron chi connectivity index (χ0n) is 3.96. The van der Waals surface area contributed by atoms with Crippen LogP contribution in [0.25, 0.3) is 0 Å². The molecule has 5 nitrogen and oxygen atoms in total. The molecule has 0 aliphatic rings. The Hall–Kier alpha value is -0.810. The van der Waals surface area contributed by atoms with Gasteiger partial charge in [0.1, 0.15) is 0 Å². The molecule has 0 aliphatic heterocycles. The Bertz CT molecular complexity index is 35.9. The lowest BCUT2D eigenvalue weighted by atomic mass is 11.2. The number of nitrogens with two attached hydrogens (primary N) is 2. The van der Waals surface area contributed by atoms with Crippen molar-refractivity contribution in [3.05, 3.63) is 0 Å². The summed E-state index contributed by atoms with van der Waals surface area (Å²) in [6.45, 7) is 0.